The predicted molar refractivity (Wildman–Crippen MR) is 71.0 cm³/mol. The second kappa shape index (κ2) is 4.96. The number of carboxylic acids is 1. The maximum Gasteiger partial charge on any atom is 0.307 e. The Labute approximate surface area is 117 Å². The van der Waals surface area contributed by atoms with Crippen molar-refractivity contribution in [3.05, 3.63) is 23.7 Å². The van der Waals surface area contributed by atoms with E-state index >= 15 is 0 Å². The highest BCUT2D eigenvalue weighted by atomic mass is 16.4. The Morgan fingerprint density at radius 1 is 1.40 bits per heavy atom. The standard InChI is InChI=1S/C15H19NO4/c1-2-9-5-6-13(20-9)12-4-3-7-16(12)14(17)10-8-11(10)15(18)19/h5-6,10-12H,2-4,7-8H2,1H3,(H,18,19)/t10-,11+,12-/m0/s1. The summed E-state index contributed by atoms with van der Waals surface area (Å²) in [5.74, 6) is 0.0781. The number of likely N-dealkylation sites (tertiary alicyclic amines) is 1. The first-order chi connectivity index (χ1) is 9.61. The minimum atomic E-state index is -0.856. The Hall–Kier alpha value is -1.78. The van der Waals surface area contributed by atoms with E-state index in [0.717, 1.165) is 30.8 Å². The predicted octanol–water partition coefficient (Wildman–Crippen LogP) is 2.23. The molecule has 1 saturated heterocycles. The highest BCUT2D eigenvalue weighted by Gasteiger charge is 2.51. The highest BCUT2D eigenvalue weighted by molar-refractivity contribution is 5.89. The molecule has 0 radical (unpaired) electrons. The van der Waals surface area contributed by atoms with Gasteiger partial charge in [-0.2, -0.15) is 0 Å². The quantitative estimate of drug-likeness (QED) is 0.916. The number of amides is 1. The number of carbonyl (C=O) groups excluding carboxylic acids is 1. The topological polar surface area (TPSA) is 70.8 Å². The third-order valence-electron chi connectivity index (χ3n) is 4.32. The van der Waals surface area contributed by atoms with E-state index in [2.05, 4.69) is 0 Å². The molecule has 3 rings (SSSR count). The molecular formula is C15H19NO4. The molecule has 1 saturated carbocycles. The Morgan fingerprint density at radius 2 is 2.20 bits per heavy atom. The van der Waals surface area contributed by atoms with Crippen molar-refractivity contribution >= 4 is 11.9 Å². The van der Waals surface area contributed by atoms with Crippen LogP contribution in [-0.2, 0) is 16.0 Å². The Kier molecular flexibility index (Phi) is 3.28. The van der Waals surface area contributed by atoms with Crippen LogP contribution in [0.25, 0.3) is 0 Å². The van der Waals surface area contributed by atoms with Gasteiger partial charge in [-0.1, -0.05) is 6.92 Å². The SMILES string of the molecule is CCc1ccc([C@@H]2CCCN2C(=O)[C@H]2C[C@H]2C(=O)O)o1. The molecule has 2 aliphatic rings. The monoisotopic (exact) mass is 277 g/mol. The van der Waals surface area contributed by atoms with Gasteiger partial charge in [-0.3, -0.25) is 9.59 Å². The van der Waals surface area contributed by atoms with Crippen LogP contribution in [0.2, 0.25) is 0 Å². The summed E-state index contributed by atoms with van der Waals surface area (Å²) in [7, 11) is 0. The molecule has 1 amide bonds. The molecule has 0 unspecified atom stereocenters. The van der Waals surface area contributed by atoms with Crippen molar-refractivity contribution in [3.8, 4) is 0 Å². The van der Waals surface area contributed by atoms with Crippen LogP contribution in [0, 0.1) is 11.8 Å². The summed E-state index contributed by atoms with van der Waals surface area (Å²) in [5, 5.41) is 8.94. The third-order valence-corrected chi connectivity index (χ3v) is 4.32. The molecule has 1 aromatic rings. The maximum atomic E-state index is 12.4. The normalized spacial score (nSPS) is 28.6. The first kappa shape index (κ1) is 13.2. The Bertz CT molecular complexity index is 536. The average Bonchev–Trinajstić information content (AvgIpc) is 2.87. The van der Waals surface area contributed by atoms with Gasteiger partial charge in [0.05, 0.1) is 17.9 Å². The van der Waals surface area contributed by atoms with Crippen molar-refractivity contribution in [1.82, 2.24) is 4.90 Å². The Morgan fingerprint density at radius 3 is 2.80 bits per heavy atom. The molecule has 20 heavy (non-hydrogen) atoms. The van der Waals surface area contributed by atoms with E-state index < -0.39 is 11.9 Å². The van der Waals surface area contributed by atoms with Crippen molar-refractivity contribution in [1.29, 1.82) is 0 Å². The van der Waals surface area contributed by atoms with E-state index in [0.29, 0.717) is 13.0 Å². The summed E-state index contributed by atoms with van der Waals surface area (Å²) in [6.45, 7) is 2.73. The largest absolute Gasteiger partial charge is 0.481 e. The second-order valence-electron chi connectivity index (χ2n) is 5.63. The van der Waals surface area contributed by atoms with Crippen LogP contribution in [0.5, 0.6) is 0 Å². The summed E-state index contributed by atoms with van der Waals surface area (Å²) in [4.78, 5) is 25.1. The van der Waals surface area contributed by atoms with Crippen LogP contribution in [0.3, 0.4) is 0 Å². The van der Waals surface area contributed by atoms with Crippen LogP contribution >= 0.6 is 0 Å². The molecule has 1 aromatic heterocycles. The van der Waals surface area contributed by atoms with Gasteiger partial charge in [0.15, 0.2) is 0 Å². The van der Waals surface area contributed by atoms with Gasteiger partial charge in [0.1, 0.15) is 11.5 Å². The first-order valence-electron chi connectivity index (χ1n) is 7.23. The van der Waals surface area contributed by atoms with Gasteiger partial charge in [0, 0.05) is 13.0 Å². The van der Waals surface area contributed by atoms with Crippen LogP contribution in [-0.4, -0.2) is 28.4 Å². The molecule has 2 fully saturated rings. The minimum Gasteiger partial charge on any atom is -0.481 e. The zero-order valence-electron chi connectivity index (χ0n) is 11.5. The van der Waals surface area contributed by atoms with E-state index in [4.69, 9.17) is 9.52 Å². The number of hydrogen-bond acceptors (Lipinski definition) is 3. The molecule has 3 atom stereocenters. The molecule has 0 aromatic carbocycles. The molecule has 1 aliphatic carbocycles. The second-order valence-corrected chi connectivity index (χ2v) is 5.63. The number of rotatable bonds is 4. The zero-order chi connectivity index (χ0) is 14.3. The fourth-order valence-corrected chi connectivity index (χ4v) is 3.04. The fraction of sp³-hybridized carbons (Fsp3) is 0.600. The van der Waals surface area contributed by atoms with Crippen LogP contribution in [0.15, 0.2) is 16.5 Å². The van der Waals surface area contributed by atoms with Crippen molar-refractivity contribution in [2.45, 2.75) is 38.6 Å². The number of carbonyl (C=O) groups is 2. The van der Waals surface area contributed by atoms with E-state index in [1.165, 1.54) is 0 Å². The lowest BCUT2D eigenvalue weighted by atomic mass is 10.1. The number of furan rings is 1. The van der Waals surface area contributed by atoms with Crippen molar-refractivity contribution in [2.75, 3.05) is 6.54 Å². The molecule has 1 N–H and O–H groups in total. The lowest BCUT2D eigenvalue weighted by molar-refractivity contribution is -0.142. The van der Waals surface area contributed by atoms with Crippen molar-refractivity contribution in [2.24, 2.45) is 11.8 Å². The smallest absolute Gasteiger partial charge is 0.307 e. The van der Waals surface area contributed by atoms with E-state index in [9.17, 15) is 9.59 Å². The number of nitrogens with zero attached hydrogens (tertiary/aromatic N) is 1. The molecule has 0 bridgehead atoms. The van der Waals surface area contributed by atoms with Crippen LogP contribution in [0.1, 0.15) is 43.7 Å². The molecule has 5 nitrogen and oxygen atoms in total. The first-order valence-corrected chi connectivity index (χ1v) is 7.23. The van der Waals surface area contributed by atoms with Gasteiger partial charge in [-0.25, -0.2) is 0 Å². The fourth-order valence-electron chi connectivity index (χ4n) is 3.04. The molecule has 2 heterocycles. The van der Waals surface area contributed by atoms with Gasteiger partial charge in [-0.05, 0) is 31.4 Å². The van der Waals surface area contributed by atoms with Gasteiger partial charge < -0.3 is 14.4 Å². The van der Waals surface area contributed by atoms with Crippen LogP contribution < -0.4 is 0 Å². The number of aryl methyl sites for hydroxylation is 1. The van der Waals surface area contributed by atoms with Crippen molar-refractivity contribution in [3.63, 3.8) is 0 Å². The van der Waals surface area contributed by atoms with E-state index in [1.54, 1.807) is 0 Å². The lowest BCUT2D eigenvalue weighted by Crippen LogP contribution is -2.32. The van der Waals surface area contributed by atoms with Gasteiger partial charge in [0.25, 0.3) is 0 Å². The number of carboxylic acid groups (broad SMARTS) is 1. The summed E-state index contributed by atoms with van der Waals surface area (Å²) in [6, 6.07) is 3.88. The molecule has 108 valence electrons. The summed E-state index contributed by atoms with van der Waals surface area (Å²) in [5.41, 5.74) is 0. The molecular weight excluding hydrogens is 258 g/mol. The van der Waals surface area contributed by atoms with E-state index in [-0.39, 0.29) is 17.9 Å². The van der Waals surface area contributed by atoms with Crippen molar-refractivity contribution < 1.29 is 19.1 Å². The van der Waals surface area contributed by atoms with Crippen LogP contribution in [0.4, 0.5) is 0 Å². The van der Waals surface area contributed by atoms with E-state index in [1.807, 2.05) is 24.0 Å². The highest BCUT2D eigenvalue weighted by Crippen LogP contribution is 2.43. The summed E-state index contributed by atoms with van der Waals surface area (Å²) >= 11 is 0. The lowest BCUT2D eigenvalue weighted by Gasteiger charge is -2.23. The number of hydrogen-bond donors (Lipinski definition) is 1. The summed E-state index contributed by atoms with van der Waals surface area (Å²) < 4.78 is 5.76. The molecule has 0 spiro atoms. The summed E-state index contributed by atoms with van der Waals surface area (Å²) in [6.07, 6.45) is 3.16. The average molecular weight is 277 g/mol. The van der Waals surface area contributed by atoms with Gasteiger partial charge >= 0.3 is 5.97 Å². The van der Waals surface area contributed by atoms with Gasteiger partial charge in [-0.15, -0.1) is 0 Å². The molecule has 5 heteroatoms. The van der Waals surface area contributed by atoms with Gasteiger partial charge in [0.2, 0.25) is 5.91 Å². The molecule has 1 aliphatic heterocycles. The third kappa shape index (κ3) is 2.21. The maximum absolute atomic E-state index is 12.4. The Balaban J connectivity index is 1.72. The number of aliphatic carboxylic acids is 1. The zero-order valence-corrected chi connectivity index (χ0v) is 11.5. The minimum absolute atomic E-state index is 0.0159.